The molecular formula is C32H29N3O4. The van der Waals surface area contributed by atoms with Gasteiger partial charge in [0.1, 0.15) is 6.61 Å². The highest BCUT2D eigenvalue weighted by atomic mass is 16.7. The Morgan fingerprint density at radius 2 is 1.69 bits per heavy atom. The molecule has 0 saturated carbocycles. The molecule has 1 unspecified atom stereocenters. The van der Waals surface area contributed by atoms with Crippen molar-refractivity contribution >= 4 is 11.6 Å². The Kier molecular flexibility index (Phi) is 7.12. The molecule has 1 aliphatic rings. The maximum atomic E-state index is 13.2. The van der Waals surface area contributed by atoms with Crippen molar-refractivity contribution in [3.05, 3.63) is 126 Å². The Balaban J connectivity index is 1.26. The van der Waals surface area contributed by atoms with E-state index in [9.17, 15) is 4.79 Å². The van der Waals surface area contributed by atoms with Crippen molar-refractivity contribution in [2.45, 2.75) is 25.4 Å². The summed E-state index contributed by atoms with van der Waals surface area (Å²) >= 11 is 0. The minimum absolute atomic E-state index is 0.0277. The lowest BCUT2D eigenvalue weighted by Crippen LogP contribution is -2.27. The summed E-state index contributed by atoms with van der Waals surface area (Å²) in [6, 6.07) is 29.9. The van der Waals surface area contributed by atoms with Gasteiger partial charge in [0.25, 0.3) is 0 Å². The number of benzene rings is 3. The van der Waals surface area contributed by atoms with Crippen LogP contribution in [0.1, 0.15) is 34.7 Å². The highest BCUT2D eigenvalue weighted by Crippen LogP contribution is 2.38. The molecule has 0 fully saturated rings. The smallest absolute Gasteiger partial charge is 0.231 e. The lowest BCUT2D eigenvalue weighted by atomic mass is 9.92. The van der Waals surface area contributed by atoms with Crippen LogP contribution < -0.4 is 19.5 Å². The number of hydrogen-bond acceptors (Lipinski definition) is 5. The predicted octanol–water partition coefficient (Wildman–Crippen LogP) is 5.52. The van der Waals surface area contributed by atoms with Crippen LogP contribution in [0, 0.1) is 0 Å². The van der Waals surface area contributed by atoms with E-state index in [4.69, 9.17) is 19.2 Å². The monoisotopic (exact) mass is 519 g/mol. The first-order valence-corrected chi connectivity index (χ1v) is 13.1. The number of carbonyl (C=O) groups is 1. The van der Waals surface area contributed by atoms with Crippen molar-refractivity contribution in [2.75, 3.05) is 13.3 Å². The summed E-state index contributed by atoms with van der Waals surface area (Å²) in [6.07, 6.45) is 4.83. The first-order chi connectivity index (χ1) is 19.2. The van der Waals surface area contributed by atoms with Crippen molar-refractivity contribution in [2.24, 2.45) is 0 Å². The summed E-state index contributed by atoms with van der Waals surface area (Å²) in [6.45, 7) is 1.21. The van der Waals surface area contributed by atoms with Gasteiger partial charge in [-0.1, -0.05) is 66.7 Å². The molecule has 0 radical (unpaired) electrons. The van der Waals surface area contributed by atoms with Gasteiger partial charge in [-0.3, -0.25) is 4.79 Å². The van der Waals surface area contributed by atoms with Crippen LogP contribution in [0.5, 0.6) is 17.2 Å². The Bertz CT molecular complexity index is 1570. The van der Waals surface area contributed by atoms with Crippen molar-refractivity contribution < 1.29 is 19.0 Å². The van der Waals surface area contributed by atoms with Gasteiger partial charge >= 0.3 is 0 Å². The Labute approximate surface area is 227 Å². The van der Waals surface area contributed by atoms with Crippen LogP contribution in [0.3, 0.4) is 0 Å². The molecule has 3 aromatic carbocycles. The van der Waals surface area contributed by atoms with E-state index in [-0.39, 0.29) is 25.0 Å². The number of imidazole rings is 1. The molecule has 6 rings (SSSR count). The van der Waals surface area contributed by atoms with Gasteiger partial charge in [-0.2, -0.15) is 0 Å². The van der Waals surface area contributed by atoms with Crippen LogP contribution in [0.2, 0.25) is 0 Å². The summed E-state index contributed by atoms with van der Waals surface area (Å²) in [5.41, 5.74) is 4.83. The van der Waals surface area contributed by atoms with Crippen LogP contribution in [0.25, 0.3) is 5.65 Å². The van der Waals surface area contributed by atoms with Gasteiger partial charge in [0.05, 0.1) is 5.69 Å². The molecule has 1 atom stereocenters. The SMILES string of the molecule is O=C(CC(c1ccc2c(c1)OCO2)c1cnc2c(OCc3ccccc3)cccn12)NCCc1ccccc1. The van der Waals surface area contributed by atoms with Crippen LogP contribution in [-0.2, 0) is 17.8 Å². The van der Waals surface area contributed by atoms with E-state index in [1.165, 1.54) is 5.56 Å². The largest absolute Gasteiger partial charge is 0.485 e. The second-order valence-electron chi connectivity index (χ2n) is 9.48. The molecule has 1 amide bonds. The second-order valence-corrected chi connectivity index (χ2v) is 9.48. The summed E-state index contributed by atoms with van der Waals surface area (Å²) < 4.78 is 19.3. The van der Waals surface area contributed by atoms with Crippen molar-refractivity contribution in [3.8, 4) is 17.2 Å². The van der Waals surface area contributed by atoms with E-state index in [1.54, 1.807) is 0 Å². The number of pyridine rings is 1. The van der Waals surface area contributed by atoms with E-state index in [0.29, 0.717) is 36.0 Å². The van der Waals surface area contributed by atoms with Gasteiger partial charge in [-0.05, 0) is 47.4 Å². The Hall–Kier alpha value is -4.78. The maximum absolute atomic E-state index is 13.2. The zero-order valence-electron chi connectivity index (χ0n) is 21.5. The number of rotatable bonds is 10. The fraction of sp³-hybridized carbons (Fsp3) is 0.188. The van der Waals surface area contributed by atoms with Gasteiger partial charge in [0, 0.05) is 31.3 Å². The molecule has 0 aliphatic carbocycles. The molecular weight excluding hydrogens is 490 g/mol. The van der Waals surface area contributed by atoms with Gasteiger partial charge in [0.15, 0.2) is 22.9 Å². The molecule has 7 heteroatoms. The average Bonchev–Trinajstić information content (AvgIpc) is 3.63. The maximum Gasteiger partial charge on any atom is 0.231 e. The zero-order valence-corrected chi connectivity index (χ0v) is 21.5. The highest BCUT2D eigenvalue weighted by molar-refractivity contribution is 5.77. The van der Waals surface area contributed by atoms with Crippen LogP contribution in [-0.4, -0.2) is 28.6 Å². The van der Waals surface area contributed by atoms with Gasteiger partial charge in [-0.25, -0.2) is 4.98 Å². The topological polar surface area (TPSA) is 74.1 Å². The molecule has 0 bridgehead atoms. The van der Waals surface area contributed by atoms with Crippen LogP contribution in [0.4, 0.5) is 0 Å². The third kappa shape index (κ3) is 5.57. The summed E-state index contributed by atoms with van der Waals surface area (Å²) in [7, 11) is 0. The van der Waals surface area contributed by atoms with Gasteiger partial charge in [0.2, 0.25) is 12.7 Å². The average molecular weight is 520 g/mol. The minimum atomic E-state index is -0.254. The quantitative estimate of drug-likeness (QED) is 0.263. The number of nitrogens with one attached hydrogen (secondary N) is 1. The number of amides is 1. The first kappa shape index (κ1) is 24.6. The molecule has 2 aromatic heterocycles. The number of fused-ring (bicyclic) bond motifs is 2. The number of ether oxygens (including phenoxy) is 3. The molecule has 5 aromatic rings. The van der Waals surface area contributed by atoms with Crippen LogP contribution >= 0.6 is 0 Å². The molecule has 1 N–H and O–H groups in total. The number of aromatic nitrogens is 2. The van der Waals surface area contributed by atoms with Crippen LogP contribution in [0.15, 0.2) is 103 Å². The third-order valence-corrected chi connectivity index (χ3v) is 6.89. The molecule has 39 heavy (non-hydrogen) atoms. The third-order valence-electron chi connectivity index (χ3n) is 6.89. The van der Waals surface area contributed by atoms with Crippen molar-refractivity contribution in [1.82, 2.24) is 14.7 Å². The molecule has 7 nitrogen and oxygen atoms in total. The van der Waals surface area contributed by atoms with E-state index in [0.717, 1.165) is 23.2 Å². The minimum Gasteiger partial charge on any atom is -0.485 e. The van der Waals surface area contributed by atoms with Gasteiger partial charge < -0.3 is 23.9 Å². The summed E-state index contributed by atoms with van der Waals surface area (Å²) in [5, 5.41) is 3.09. The van der Waals surface area contributed by atoms with Gasteiger partial charge in [-0.15, -0.1) is 0 Å². The number of nitrogens with zero attached hydrogens (tertiary/aromatic N) is 2. The normalized spacial score (nSPS) is 12.8. The van der Waals surface area contributed by atoms with Crippen molar-refractivity contribution in [3.63, 3.8) is 0 Å². The van der Waals surface area contributed by atoms with E-state index in [2.05, 4.69) is 17.4 Å². The molecule has 3 heterocycles. The molecule has 1 aliphatic heterocycles. The lowest BCUT2D eigenvalue weighted by molar-refractivity contribution is -0.121. The summed E-state index contributed by atoms with van der Waals surface area (Å²) in [5.74, 6) is 1.79. The first-order valence-electron chi connectivity index (χ1n) is 13.1. The Morgan fingerprint density at radius 3 is 2.51 bits per heavy atom. The predicted molar refractivity (Wildman–Crippen MR) is 148 cm³/mol. The Morgan fingerprint density at radius 1 is 0.923 bits per heavy atom. The number of hydrogen-bond donors (Lipinski definition) is 1. The molecule has 0 saturated heterocycles. The molecule has 196 valence electrons. The lowest BCUT2D eigenvalue weighted by Gasteiger charge is -2.18. The van der Waals surface area contributed by atoms with E-state index < -0.39 is 0 Å². The van der Waals surface area contributed by atoms with E-state index in [1.807, 2.05) is 95.7 Å². The highest BCUT2D eigenvalue weighted by Gasteiger charge is 2.25. The second kappa shape index (κ2) is 11.3. The number of carbonyl (C=O) groups excluding carboxylic acids is 1. The zero-order chi connectivity index (χ0) is 26.4. The summed E-state index contributed by atoms with van der Waals surface area (Å²) in [4.78, 5) is 17.9. The van der Waals surface area contributed by atoms with E-state index >= 15 is 0 Å². The fourth-order valence-corrected chi connectivity index (χ4v) is 4.88. The van der Waals surface area contributed by atoms with Crippen molar-refractivity contribution in [1.29, 1.82) is 0 Å². The molecule has 0 spiro atoms. The standard InChI is InChI=1S/C32H29N3O4/c36-31(33-16-15-23-8-3-1-4-9-23)19-26(25-13-14-28-30(18-25)39-22-38-28)27-20-34-32-29(12-7-17-35(27)32)37-21-24-10-5-2-6-11-24/h1-14,17-18,20,26H,15-16,19,21-22H2,(H,33,36). The fourth-order valence-electron chi connectivity index (χ4n) is 4.88.